The van der Waals surface area contributed by atoms with E-state index in [-0.39, 0.29) is 0 Å². The number of hydrogen-bond donors (Lipinski definition) is 0. The van der Waals surface area contributed by atoms with Crippen LogP contribution in [0.2, 0.25) is 5.02 Å². The molecule has 0 aliphatic carbocycles. The molecule has 21 heavy (non-hydrogen) atoms. The maximum absolute atomic E-state index is 6.43. The Balaban J connectivity index is 2.39. The smallest absolute Gasteiger partial charge is 0.163 e. The number of nitrogens with zero attached hydrogens (tertiary/aromatic N) is 4. The molecule has 3 rings (SSSR count). The Morgan fingerprint density at radius 3 is 2.62 bits per heavy atom. The summed E-state index contributed by atoms with van der Waals surface area (Å²) in [7, 11) is 0. The summed E-state index contributed by atoms with van der Waals surface area (Å²) in [6, 6.07) is 5.97. The second kappa shape index (κ2) is 5.35. The number of fused-ring (bicyclic) bond motifs is 1. The van der Waals surface area contributed by atoms with Crippen LogP contribution in [0.1, 0.15) is 24.0 Å². The van der Waals surface area contributed by atoms with Gasteiger partial charge < -0.3 is 0 Å². The van der Waals surface area contributed by atoms with E-state index in [4.69, 9.17) is 23.2 Å². The molecule has 0 saturated carbocycles. The van der Waals surface area contributed by atoms with Crippen molar-refractivity contribution in [1.82, 2.24) is 19.3 Å². The zero-order chi connectivity index (χ0) is 15.1. The highest BCUT2D eigenvalue weighted by Crippen LogP contribution is 2.29. The van der Waals surface area contributed by atoms with E-state index in [0.29, 0.717) is 10.9 Å². The number of rotatable bonds is 3. The minimum Gasteiger partial charge on any atom is -0.278 e. The summed E-state index contributed by atoms with van der Waals surface area (Å²) in [5, 5.41) is 5.21. The lowest BCUT2D eigenvalue weighted by Gasteiger charge is -2.11. The van der Waals surface area contributed by atoms with Gasteiger partial charge in [-0.05, 0) is 38.5 Å². The van der Waals surface area contributed by atoms with Crippen LogP contribution in [0, 0.1) is 13.8 Å². The van der Waals surface area contributed by atoms with E-state index >= 15 is 0 Å². The summed E-state index contributed by atoms with van der Waals surface area (Å²) in [5.41, 5.74) is 4.73. The molecule has 0 fully saturated rings. The highest BCUT2D eigenvalue weighted by atomic mass is 35.5. The molecule has 4 nitrogen and oxygen atoms in total. The molecule has 1 aromatic carbocycles. The topological polar surface area (TPSA) is 35.6 Å². The largest absolute Gasteiger partial charge is 0.278 e. The minimum atomic E-state index is 0.321. The van der Waals surface area contributed by atoms with Gasteiger partial charge in [0, 0.05) is 6.54 Å². The molecule has 0 saturated heterocycles. The Morgan fingerprint density at radius 2 is 2.00 bits per heavy atom. The lowest BCUT2D eigenvalue weighted by molar-refractivity contribution is 0.660. The van der Waals surface area contributed by atoms with Crippen molar-refractivity contribution in [3.8, 4) is 5.69 Å². The summed E-state index contributed by atoms with van der Waals surface area (Å²) in [6.45, 7) is 6.80. The van der Waals surface area contributed by atoms with Gasteiger partial charge in [-0.15, -0.1) is 11.6 Å². The molecule has 0 atom stereocenters. The average Bonchev–Trinajstić information content (AvgIpc) is 2.97. The van der Waals surface area contributed by atoms with E-state index in [1.807, 2.05) is 41.3 Å². The van der Waals surface area contributed by atoms with Crippen LogP contribution in [0.4, 0.5) is 0 Å². The van der Waals surface area contributed by atoms with Crippen molar-refractivity contribution >= 4 is 34.4 Å². The van der Waals surface area contributed by atoms with Gasteiger partial charge in [0.2, 0.25) is 0 Å². The molecular formula is C15H16Cl2N4. The Morgan fingerprint density at radius 1 is 1.24 bits per heavy atom. The van der Waals surface area contributed by atoms with Crippen LogP contribution in [0.5, 0.6) is 0 Å². The quantitative estimate of drug-likeness (QED) is 0.676. The highest BCUT2D eigenvalue weighted by Gasteiger charge is 2.20. The summed E-state index contributed by atoms with van der Waals surface area (Å²) >= 11 is 12.5. The van der Waals surface area contributed by atoms with Crippen molar-refractivity contribution in [3.05, 3.63) is 40.3 Å². The second-order valence-corrected chi connectivity index (χ2v) is 5.70. The molecule has 0 radical (unpaired) electrons. The minimum absolute atomic E-state index is 0.321. The van der Waals surface area contributed by atoms with Crippen molar-refractivity contribution in [2.24, 2.45) is 0 Å². The molecule has 3 aromatic rings. The Kier molecular flexibility index (Phi) is 3.68. The van der Waals surface area contributed by atoms with Gasteiger partial charge in [-0.1, -0.05) is 17.7 Å². The van der Waals surface area contributed by atoms with E-state index in [9.17, 15) is 0 Å². The Labute approximate surface area is 133 Å². The van der Waals surface area contributed by atoms with E-state index in [2.05, 4.69) is 17.0 Å². The average molecular weight is 323 g/mol. The number of halogens is 2. The van der Waals surface area contributed by atoms with Gasteiger partial charge >= 0.3 is 0 Å². The molecule has 0 spiro atoms. The zero-order valence-electron chi connectivity index (χ0n) is 12.2. The van der Waals surface area contributed by atoms with Gasteiger partial charge in [-0.3, -0.25) is 4.57 Å². The summed E-state index contributed by atoms with van der Waals surface area (Å²) in [5.74, 6) is 1.10. The van der Waals surface area contributed by atoms with E-state index in [1.165, 1.54) is 0 Å². The molecule has 0 bridgehead atoms. The third-order valence-corrected chi connectivity index (χ3v) is 4.09. The normalized spacial score (nSPS) is 11.5. The van der Waals surface area contributed by atoms with Gasteiger partial charge in [-0.2, -0.15) is 5.10 Å². The van der Waals surface area contributed by atoms with Crippen LogP contribution in [0.15, 0.2) is 18.2 Å². The first-order valence-electron chi connectivity index (χ1n) is 6.84. The number of benzene rings is 1. The third-order valence-electron chi connectivity index (χ3n) is 3.54. The Hall–Kier alpha value is -1.52. The SMILES string of the molecule is CCn1nc(C)c2nc(CCl)n(-c3ccc(C)cc3Cl)c21. The third kappa shape index (κ3) is 2.23. The van der Waals surface area contributed by atoms with Crippen molar-refractivity contribution in [1.29, 1.82) is 0 Å². The molecule has 0 aliphatic heterocycles. The first kappa shape index (κ1) is 14.4. The summed E-state index contributed by atoms with van der Waals surface area (Å²) in [6.07, 6.45) is 0. The highest BCUT2D eigenvalue weighted by molar-refractivity contribution is 6.32. The summed E-state index contributed by atoms with van der Waals surface area (Å²) < 4.78 is 3.94. The fourth-order valence-corrected chi connectivity index (χ4v) is 3.07. The molecule has 2 heterocycles. The maximum atomic E-state index is 6.43. The lowest BCUT2D eigenvalue weighted by atomic mass is 10.2. The first-order chi connectivity index (χ1) is 10.1. The van der Waals surface area contributed by atoms with E-state index in [1.54, 1.807) is 0 Å². The molecule has 2 aromatic heterocycles. The van der Waals surface area contributed by atoms with Crippen LogP contribution < -0.4 is 0 Å². The van der Waals surface area contributed by atoms with Gasteiger partial charge in [0.15, 0.2) is 5.65 Å². The number of aryl methyl sites for hydroxylation is 3. The van der Waals surface area contributed by atoms with Crippen molar-refractivity contribution in [2.45, 2.75) is 33.2 Å². The van der Waals surface area contributed by atoms with Crippen molar-refractivity contribution in [2.75, 3.05) is 0 Å². The van der Waals surface area contributed by atoms with Crippen LogP contribution in [0.25, 0.3) is 16.9 Å². The zero-order valence-corrected chi connectivity index (χ0v) is 13.7. The van der Waals surface area contributed by atoms with Crippen LogP contribution >= 0.6 is 23.2 Å². The number of aromatic nitrogens is 4. The lowest BCUT2D eigenvalue weighted by Crippen LogP contribution is -2.06. The molecule has 110 valence electrons. The molecule has 0 N–H and O–H groups in total. The van der Waals surface area contributed by atoms with Gasteiger partial charge in [-0.25, -0.2) is 9.67 Å². The predicted octanol–water partition coefficient (Wildman–Crippen LogP) is 4.25. The number of hydrogen-bond acceptors (Lipinski definition) is 2. The molecule has 6 heteroatoms. The first-order valence-corrected chi connectivity index (χ1v) is 7.75. The van der Waals surface area contributed by atoms with E-state index < -0.39 is 0 Å². The van der Waals surface area contributed by atoms with Gasteiger partial charge in [0.05, 0.1) is 22.3 Å². The molecule has 0 amide bonds. The molecule has 0 aliphatic rings. The number of imidazole rings is 1. The molecule has 0 unspecified atom stereocenters. The van der Waals surface area contributed by atoms with Crippen LogP contribution in [-0.4, -0.2) is 19.3 Å². The van der Waals surface area contributed by atoms with Crippen molar-refractivity contribution < 1.29 is 0 Å². The summed E-state index contributed by atoms with van der Waals surface area (Å²) in [4.78, 5) is 4.63. The van der Waals surface area contributed by atoms with Crippen LogP contribution in [-0.2, 0) is 12.4 Å². The monoisotopic (exact) mass is 322 g/mol. The number of alkyl halides is 1. The van der Waals surface area contributed by atoms with Gasteiger partial charge in [0.25, 0.3) is 0 Å². The van der Waals surface area contributed by atoms with Gasteiger partial charge in [0.1, 0.15) is 11.3 Å². The maximum Gasteiger partial charge on any atom is 0.163 e. The van der Waals surface area contributed by atoms with E-state index in [0.717, 1.165) is 40.5 Å². The fourth-order valence-electron chi connectivity index (χ4n) is 2.57. The second-order valence-electron chi connectivity index (χ2n) is 5.03. The van der Waals surface area contributed by atoms with Crippen molar-refractivity contribution in [3.63, 3.8) is 0 Å². The molecular weight excluding hydrogens is 307 g/mol. The Bertz CT molecular complexity index is 817. The fraction of sp³-hybridized carbons (Fsp3) is 0.333. The van der Waals surface area contributed by atoms with Crippen LogP contribution in [0.3, 0.4) is 0 Å². The predicted molar refractivity (Wildman–Crippen MR) is 86.6 cm³/mol. The standard InChI is InChI=1S/C15H16Cl2N4/c1-4-20-15-14(10(3)19-20)18-13(8-16)21(15)12-6-5-9(2)7-11(12)17/h5-7H,4,8H2,1-3H3.